The second-order valence-corrected chi connectivity index (χ2v) is 9.20. The highest BCUT2D eigenvalue weighted by atomic mass is 32.2. The van der Waals surface area contributed by atoms with Crippen molar-refractivity contribution in [3.05, 3.63) is 47.9 Å². The molecule has 0 bridgehead atoms. The molecule has 0 N–H and O–H groups in total. The van der Waals surface area contributed by atoms with Crippen molar-refractivity contribution < 1.29 is 22.6 Å². The van der Waals surface area contributed by atoms with Crippen LogP contribution in [-0.4, -0.2) is 70.1 Å². The topological polar surface area (TPSA) is 65.3 Å². The Bertz CT molecular complexity index is 1060. The number of rotatable bonds is 11. The highest BCUT2D eigenvalue weighted by Crippen LogP contribution is 2.33. The Labute approximate surface area is 200 Å². The molecule has 0 saturated carbocycles. The lowest BCUT2D eigenvalue weighted by Gasteiger charge is -2.25. The van der Waals surface area contributed by atoms with E-state index < -0.39 is 11.7 Å². The fraction of sp³-hybridized carbons (Fsp3) is 0.522. The zero-order valence-corrected chi connectivity index (χ0v) is 19.7. The summed E-state index contributed by atoms with van der Waals surface area (Å²) in [4.78, 5) is 7.33. The summed E-state index contributed by atoms with van der Waals surface area (Å²) in [6, 6.07) is 5.55. The van der Waals surface area contributed by atoms with Crippen LogP contribution in [-0.2, 0) is 28.7 Å². The monoisotopic (exact) mass is 495 g/mol. The maximum atomic E-state index is 12.9. The predicted molar refractivity (Wildman–Crippen MR) is 124 cm³/mol. The van der Waals surface area contributed by atoms with Crippen molar-refractivity contribution >= 4 is 22.7 Å². The van der Waals surface area contributed by atoms with Crippen molar-refractivity contribution in [2.24, 2.45) is 0 Å². The molecular weight excluding hydrogens is 467 g/mol. The first-order valence-corrected chi connectivity index (χ1v) is 12.3. The lowest BCUT2D eigenvalue weighted by atomic mass is 10.1. The average molecular weight is 496 g/mol. The van der Waals surface area contributed by atoms with E-state index >= 15 is 0 Å². The third-order valence-corrected chi connectivity index (χ3v) is 6.63. The summed E-state index contributed by atoms with van der Waals surface area (Å²) in [5, 5.41) is 9.17. The minimum absolute atomic E-state index is 0.359. The predicted octanol–water partition coefficient (Wildman–Crippen LogP) is 4.27. The van der Waals surface area contributed by atoms with Crippen molar-refractivity contribution in [2.75, 3.05) is 45.3 Å². The van der Waals surface area contributed by atoms with E-state index in [1.165, 1.54) is 6.07 Å². The molecule has 1 fully saturated rings. The molecule has 0 radical (unpaired) electrons. The van der Waals surface area contributed by atoms with Crippen LogP contribution in [0.2, 0.25) is 0 Å². The highest BCUT2D eigenvalue weighted by Gasteiger charge is 2.30. The van der Waals surface area contributed by atoms with E-state index in [4.69, 9.17) is 9.47 Å². The Morgan fingerprint density at radius 3 is 2.74 bits per heavy atom. The lowest BCUT2D eigenvalue weighted by molar-refractivity contribution is -0.137. The molecule has 184 valence electrons. The van der Waals surface area contributed by atoms with Gasteiger partial charge in [-0.1, -0.05) is 11.3 Å². The van der Waals surface area contributed by atoms with E-state index in [0.29, 0.717) is 18.7 Å². The zero-order chi connectivity index (χ0) is 23.8. The number of benzene rings is 1. The smallest absolute Gasteiger partial charge is 0.381 e. The van der Waals surface area contributed by atoms with Gasteiger partial charge in [-0.25, -0.2) is 0 Å². The molecule has 0 aliphatic carbocycles. The first kappa shape index (κ1) is 24.9. The van der Waals surface area contributed by atoms with Crippen molar-refractivity contribution in [2.45, 2.75) is 37.0 Å². The van der Waals surface area contributed by atoms with Crippen molar-refractivity contribution in [3.8, 4) is 0 Å². The lowest BCUT2D eigenvalue weighted by Crippen LogP contribution is -2.35. The average Bonchev–Trinajstić information content (AvgIpc) is 3.27. The highest BCUT2D eigenvalue weighted by molar-refractivity contribution is 7.99. The quantitative estimate of drug-likeness (QED) is 0.291. The number of nitrogens with zero attached hydrogens (tertiary/aromatic N) is 5. The Morgan fingerprint density at radius 1 is 1.09 bits per heavy atom. The standard InChI is InChI=1S/C23H28F3N5O2S/c24-23(25,26)18-3-4-20-21(15-18)27-6-5-22(20)34-14-2-11-32-10-1-7-31-17-19(28-29-31)16-30-8-12-33-13-9-30/h3-6,15,17H,1-2,7-14,16H2. The number of aryl methyl sites for hydroxylation is 1. The molecule has 2 aromatic heterocycles. The van der Waals surface area contributed by atoms with E-state index in [0.717, 1.165) is 86.1 Å². The van der Waals surface area contributed by atoms with Crippen LogP contribution in [0.4, 0.5) is 13.2 Å². The minimum Gasteiger partial charge on any atom is -0.381 e. The molecule has 3 heterocycles. The van der Waals surface area contributed by atoms with Crippen LogP contribution >= 0.6 is 11.8 Å². The van der Waals surface area contributed by atoms with Gasteiger partial charge in [0, 0.05) is 67.8 Å². The van der Waals surface area contributed by atoms with Gasteiger partial charge in [-0.15, -0.1) is 16.9 Å². The second-order valence-electron chi connectivity index (χ2n) is 8.07. The number of alkyl halides is 3. The summed E-state index contributed by atoms with van der Waals surface area (Å²) in [7, 11) is 0. The van der Waals surface area contributed by atoms with Crippen LogP contribution in [0.1, 0.15) is 24.1 Å². The van der Waals surface area contributed by atoms with Gasteiger partial charge in [-0.2, -0.15) is 13.2 Å². The Morgan fingerprint density at radius 2 is 1.91 bits per heavy atom. The third-order valence-electron chi connectivity index (χ3n) is 5.47. The van der Waals surface area contributed by atoms with Crippen LogP contribution in [0.3, 0.4) is 0 Å². The number of pyridine rings is 1. The molecule has 0 unspecified atom stereocenters. The maximum absolute atomic E-state index is 12.9. The molecular formula is C23H28F3N5O2S. The van der Waals surface area contributed by atoms with Crippen molar-refractivity contribution in [1.82, 2.24) is 24.9 Å². The molecule has 4 rings (SSSR count). The van der Waals surface area contributed by atoms with Gasteiger partial charge in [0.05, 0.1) is 30.0 Å². The van der Waals surface area contributed by atoms with Crippen LogP contribution in [0.5, 0.6) is 0 Å². The minimum atomic E-state index is -4.37. The van der Waals surface area contributed by atoms with E-state index in [-0.39, 0.29) is 0 Å². The van der Waals surface area contributed by atoms with E-state index in [1.807, 2.05) is 16.9 Å². The summed E-state index contributed by atoms with van der Waals surface area (Å²) in [5.41, 5.74) is 0.651. The molecule has 34 heavy (non-hydrogen) atoms. The van der Waals surface area contributed by atoms with Gasteiger partial charge in [-0.05, 0) is 31.0 Å². The zero-order valence-electron chi connectivity index (χ0n) is 18.8. The third kappa shape index (κ3) is 7.14. The molecule has 0 amide bonds. The summed E-state index contributed by atoms with van der Waals surface area (Å²) in [6.07, 6.45) is 0.877. The molecule has 1 saturated heterocycles. The van der Waals surface area contributed by atoms with Crippen LogP contribution in [0, 0.1) is 0 Å². The summed E-state index contributed by atoms with van der Waals surface area (Å²) >= 11 is 1.61. The number of halogens is 3. The number of hydrogen-bond donors (Lipinski definition) is 0. The van der Waals surface area contributed by atoms with Crippen LogP contribution < -0.4 is 0 Å². The second kappa shape index (κ2) is 12.0. The van der Waals surface area contributed by atoms with Gasteiger partial charge in [0.2, 0.25) is 0 Å². The normalized spacial score (nSPS) is 15.3. The molecule has 0 spiro atoms. The number of ether oxygens (including phenoxy) is 2. The first-order valence-electron chi connectivity index (χ1n) is 11.3. The van der Waals surface area contributed by atoms with Gasteiger partial charge >= 0.3 is 6.18 Å². The van der Waals surface area contributed by atoms with Gasteiger partial charge in [-0.3, -0.25) is 14.6 Å². The van der Waals surface area contributed by atoms with E-state index in [1.54, 1.807) is 18.0 Å². The number of thioether (sulfide) groups is 1. The van der Waals surface area contributed by atoms with Crippen molar-refractivity contribution in [1.29, 1.82) is 0 Å². The van der Waals surface area contributed by atoms with Gasteiger partial charge in [0.15, 0.2) is 0 Å². The van der Waals surface area contributed by atoms with Gasteiger partial charge in [0.1, 0.15) is 0 Å². The summed E-state index contributed by atoms with van der Waals surface area (Å²) in [6.45, 7) is 6.22. The molecule has 3 aromatic rings. The van der Waals surface area contributed by atoms with Crippen LogP contribution in [0.15, 0.2) is 41.6 Å². The van der Waals surface area contributed by atoms with Crippen LogP contribution in [0.25, 0.3) is 10.9 Å². The Balaban J connectivity index is 1.11. The molecule has 1 aliphatic rings. The fourth-order valence-corrected chi connectivity index (χ4v) is 4.67. The fourth-order valence-electron chi connectivity index (χ4n) is 3.71. The van der Waals surface area contributed by atoms with Gasteiger partial charge < -0.3 is 9.47 Å². The number of fused-ring (bicyclic) bond motifs is 1. The summed E-state index contributed by atoms with van der Waals surface area (Å²) in [5.74, 6) is 0.814. The van der Waals surface area contributed by atoms with Crippen molar-refractivity contribution in [3.63, 3.8) is 0 Å². The molecule has 1 aromatic carbocycles. The molecule has 1 aliphatic heterocycles. The SMILES string of the molecule is FC(F)(F)c1ccc2c(SCCCOCCCn3cc(CN4CCOCC4)nn3)ccnc2c1. The number of hydrogen-bond acceptors (Lipinski definition) is 7. The van der Waals surface area contributed by atoms with E-state index in [2.05, 4.69) is 20.2 Å². The maximum Gasteiger partial charge on any atom is 0.416 e. The van der Waals surface area contributed by atoms with E-state index in [9.17, 15) is 13.2 Å². The first-order chi connectivity index (χ1) is 16.5. The summed E-state index contributed by atoms with van der Waals surface area (Å²) < 4.78 is 51.7. The largest absolute Gasteiger partial charge is 0.416 e. The number of morpholine rings is 1. The Kier molecular flexibility index (Phi) is 8.76. The van der Waals surface area contributed by atoms with Gasteiger partial charge in [0.25, 0.3) is 0 Å². The molecule has 0 atom stereocenters. The molecule has 7 nitrogen and oxygen atoms in total. The molecule has 11 heteroatoms. The number of aromatic nitrogens is 4. The Hall–Kier alpha value is -2.21.